The van der Waals surface area contributed by atoms with Gasteiger partial charge in [0, 0.05) is 0 Å². The SMILES string of the molecule is CCOC(=O)C1CCN([C@H]2CC(=O)N(Cc3ccccc3)C2=O)CC1. The Hall–Kier alpha value is -2.21. The van der Waals surface area contributed by atoms with Gasteiger partial charge in [0.15, 0.2) is 0 Å². The first-order chi connectivity index (χ1) is 12.1. The van der Waals surface area contributed by atoms with E-state index in [1.54, 1.807) is 6.92 Å². The number of ether oxygens (including phenoxy) is 1. The topological polar surface area (TPSA) is 66.9 Å². The first-order valence-corrected chi connectivity index (χ1v) is 8.89. The Morgan fingerprint density at radius 3 is 2.48 bits per heavy atom. The predicted octanol–water partition coefficient (Wildman–Crippen LogP) is 1.59. The summed E-state index contributed by atoms with van der Waals surface area (Å²) in [6, 6.07) is 9.15. The Labute approximate surface area is 147 Å². The highest BCUT2D eigenvalue weighted by Crippen LogP contribution is 2.26. The quantitative estimate of drug-likeness (QED) is 0.599. The van der Waals surface area contributed by atoms with Crippen LogP contribution in [0.25, 0.3) is 0 Å². The van der Waals surface area contributed by atoms with Crippen molar-refractivity contribution in [1.29, 1.82) is 0 Å². The molecule has 0 saturated carbocycles. The summed E-state index contributed by atoms with van der Waals surface area (Å²) in [6.07, 6.45) is 1.58. The van der Waals surface area contributed by atoms with Gasteiger partial charge >= 0.3 is 5.97 Å². The molecule has 0 N–H and O–H groups in total. The van der Waals surface area contributed by atoms with Crippen LogP contribution in [0.3, 0.4) is 0 Å². The van der Waals surface area contributed by atoms with Crippen LogP contribution < -0.4 is 0 Å². The van der Waals surface area contributed by atoms with Crippen molar-refractivity contribution in [2.45, 2.75) is 38.8 Å². The molecule has 2 heterocycles. The molecule has 6 nitrogen and oxygen atoms in total. The molecule has 3 rings (SSSR count). The van der Waals surface area contributed by atoms with Crippen LogP contribution in [0, 0.1) is 5.92 Å². The highest BCUT2D eigenvalue weighted by molar-refractivity contribution is 6.05. The third-order valence-corrected chi connectivity index (χ3v) is 4.99. The molecule has 0 bridgehead atoms. The van der Waals surface area contributed by atoms with Crippen LogP contribution >= 0.6 is 0 Å². The van der Waals surface area contributed by atoms with Gasteiger partial charge in [0.1, 0.15) is 0 Å². The zero-order valence-electron chi connectivity index (χ0n) is 14.5. The van der Waals surface area contributed by atoms with Gasteiger partial charge in [0.25, 0.3) is 0 Å². The van der Waals surface area contributed by atoms with Crippen molar-refractivity contribution in [3.8, 4) is 0 Å². The molecule has 0 spiro atoms. The van der Waals surface area contributed by atoms with Crippen LogP contribution in [0.15, 0.2) is 30.3 Å². The molecule has 0 aliphatic carbocycles. The van der Waals surface area contributed by atoms with Crippen LogP contribution in [0.5, 0.6) is 0 Å². The second-order valence-electron chi connectivity index (χ2n) is 6.59. The van der Waals surface area contributed by atoms with Gasteiger partial charge in [-0.2, -0.15) is 0 Å². The van der Waals surface area contributed by atoms with Gasteiger partial charge < -0.3 is 4.74 Å². The van der Waals surface area contributed by atoms with Crippen molar-refractivity contribution in [3.05, 3.63) is 35.9 Å². The van der Waals surface area contributed by atoms with Crippen molar-refractivity contribution in [2.24, 2.45) is 5.92 Å². The van der Waals surface area contributed by atoms with E-state index < -0.39 is 0 Å². The number of imide groups is 1. The number of hydrogen-bond donors (Lipinski definition) is 0. The van der Waals surface area contributed by atoms with Crippen LogP contribution in [-0.4, -0.2) is 53.3 Å². The van der Waals surface area contributed by atoms with Crippen molar-refractivity contribution in [2.75, 3.05) is 19.7 Å². The van der Waals surface area contributed by atoms with E-state index in [0.29, 0.717) is 39.1 Å². The lowest BCUT2D eigenvalue weighted by Crippen LogP contribution is -2.46. The fourth-order valence-electron chi connectivity index (χ4n) is 3.59. The average molecular weight is 344 g/mol. The minimum atomic E-state index is -0.389. The number of amides is 2. The molecule has 1 atom stereocenters. The molecular formula is C19H24N2O4. The first-order valence-electron chi connectivity index (χ1n) is 8.89. The van der Waals surface area contributed by atoms with E-state index in [0.717, 1.165) is 5.56 Å². The molecule has 2 aliphatic heterocycles. The Morgan fingerprint density at radius 1 is 1.16 bits per heavy atom. The van der Waals surface area contributed by atoms with Gasteiger partial charge in [-0.3, -0.25) is 24.2 Å². The molecule has 0 radical (unpaired) electrons. The molecule has 2 amide bonds. The van der Waals surface area contributed by atoms with Crippen LogP contribution in [0.1, 0.15) is 31.7 Å². The monoisotopic (exact) mass is 344 g/mol. The lowest BCUT2D eigenvalue weighted by molar-refractivity contribution is -0.150. The molecule has 0 aromatic heterocycles. The van der Waals surface area contributed by atoms with Crippen molar-refractivity contribution in [1.82, 2.24) is 9.80 Å². The molecule has 6 heteroatoms. The van der Waals surface area contributed by atoms with E-state index in [4.69, 9.17) is 4.74 Å². The summed E-state index contributed by atoms with van der Waals surface area (Å²) in [4.78, 5) is 40.2. The van der Waals surface area contributed by atoms with Crippen LogP contribution in [0.2, 0.25) is 0 Å². The largest absolute Gasteiger partial charge is 0.466 e. The third kappa shape index (κ3) is 3.90. The minimum absolute atomic E-state index is 0.0937. The van der Waals surface area contributed by atoms with E-state index in [1.807, 2.05) is 35.2 Å². The predicted molar refractivity (Wildman–Crippen MR) is 91.3 cm³/mol. The van der Waals surface area contributed by atoms with Gasteiger partial charge in [0.2, 0.25) is 11.8 Å². The van der Waals surface area contributed by atoms with E-state index in [1.165, 1.54) is 4.90 Å². The lowest BCUT2D eigenvalue weighted by atomic mass is 9.95. The molecule has 134 valence electrons. The number of nitrogens with zero attached hydrogens (tertiary/aromatic N) is 2. The van der Waals surface area contributed by atoms with Gasteiger partial charge in [-0.15, -0.1) is 0 Å². The van der Waals surface area contributed by atoms with Crippen molar-refractivity contribution < 1.29 is 19.1 Å². The zero-order valence-corrected chi connectivity index (χ0v) is 14.5. The smallest absolute Gasteiger partial charge is 0.309 e. The normalized spacial score (nSPS) is 22.4. The first kappa shape index (κ1) is 17.6. The van der Waals surface area contributed by atoms with Crippen LogP contribution in [0.4, 0.5) is 0 Å². The summed E-state index contributed by atoms with van der Waals surface area (Å²) in [7, 11) is 0. The molecule has 2 saturated heterocycles. The third-order valence-electron chi connectivity index (χ3n) is 4.99. The van der Waals surface area contributed by atoms with E-state index in [9.17, 15) is 14.4 Å². The van der Waals surface area contributed by atoms with Crippen molar-refractivity contribution in [3.63, 3.8) is 0 Å². The summed E-state index contributed by atoms with van der Waals surface area (Å²) in [6.45, 7) is 3.81. The Balaban J connectivity index is 1.58. The number of hydrogen-bond acceptors (Lipinski definition) is 5. The van der Waals surface area contributed by atoms with Crippen LogP contribution in [-0.2, 0) is 25.7 Å². The second-order valence-corrected chi connectivity index (χ2v) is 6.59. The molecule has 25 heavy (non-hydrogen) atoms. The highest BCUT2D eigenvalue weighted by Gasteiger charge is 2.43. The van der Waals surface area contributed by atoms with Gasteiger partial charge in [-0.1, -0.05) is 30.3 Å². The fraction of sp³-hybridized carbons (Fsp3) is 0.526. The number of benzene rings is 1. The van der Waals surface area contributed by atoms with E-state index in [2.05, 4.69) is 0 Å². The minimum Gasteiger partial charge on any atom is -0.466 e. The van der Waals surface area contributed by atoms with E-state index >= 15 is 0 Å². The summed E-state index contributed by atoms with van der Waals surface area (Å²) < 4.78 is 5.08. The maximum Gasteiger partial charge on any atom is 0.309 e. The number of esters is 1. The Bertz CT molecular complexity index is 638. The fourth-order valence-corrected chi connectivity index (χ4v) is 3.59. The maximum atomic E-state index is 12.7. The highest BCUT2D eigenvalue weighted by atomic mass is 16.5. The number of piperidine rings is 1. The van der Waals surface area contributed by atoms with Crippen molar-refractivity contribution >= 4 is 17.8 Å². The molecular weight excluding hydrogens is 320 g/mol. The number of carbonyl (C=O) groups excluding carboxylic acids is 3. The summed E-state index contributed by atoms with van der Waals surface area (Å²) in [5.74, 6) is -0.486. The molecule has 1 aromatic rings. The standard InChI is InChI=1S/C19H24N2O4/c1-2-25-19(24)15-8-10-20(11-9-15)16-12-17(22)21(18(16)23)13-14-6-4-3-5-7-14/h3-7,15-16H,2,8-13H2,1H3/t16-/m0/s1. The van der Waals surface area contributed by atoms with Gasteiger partial charge in [0.05, 0.1) is 31.5 Å². The number of carbonyl (C=O) groups is 3. The number of rotatable bonds is 5. The number of likely N-dealkylation sites (tertiary alicyclic amines) is 2. The summed E-state index contributed by atoms with van der Waals surface area (Å²) >= 11 is 0. The Kier molecular flexibility index (Phi) is 5.48. The van der Waals surface area contributed by atoms with E-state index in [-0.39, 0.29) is 36.2 Å². The Morgan fingerprint density at radius 2 is 1.84 bits per heavy atom. The molecule has 2 aliphatic rings. The van der Waals surface area contributed by atoms with Gasteiger partial charge in [-0.05, 0) is 38.4 Å². The summed E-state index contributed by atoms with van der Waals surface area (Å²) in [5.41, 5.74) is 0.950. The zero-order chi connectivity index (χ0) is 17.8. The maximum absolute atomic E-state index is 12.7. The summed E-state index contributed by atoms with van der Waals surface area (Å²) in [5, 5.41) is 0. The lowest BCUT2D eigenvalue weighted by Gasteiger charge is -2.33. The molecule has 1 aromatic carbocycles. The average Bonchev–Trinajstić information content (AvgIpc) is 2.91. The second kappa shape index (κ2) is 7.78. The van der Waals surface area contributed by atoms with Gasteiger partial charge in [-0.25, -0.2) is 0 Å². The molecule has 2 fully saturated rings. The molecule has 0 unspecified atom stereocenters.